The predicted octanol–water partition coefficient (Wildman–Crippen LogP) is 2.68. The van der Waals surface area contributed by atoms with Crippen LogP contribution in [0.1, 0.15) is 26.3 Å². The molecule has 0 amide bonds. The Morgan fingerprint density at radius 3 is 2.12 bits per heavy atom. The first-order chi connectivity index (χ1) is 7.65. The van der Waals surface area contributed by atoms with Gasteiger partial charge in [-0.2, -0.15) is 0 Å². The molecule has 1 aromatic rings. The minimum atomic E-state index is 0.586. The fraction of sp³-hybridized carbons (Fsp3) is 0.500. The number of benzene rings is 1. The molecule has 2 heteroatoms. The van der Waals surface area contributed by atoms with E-state index in [1.54, 1.807) is 0 Å². The lowest BCUT2D eigenvalue weighted by Gasteiger charge is -2.19. The molecule has 0 spiro atoms. The van der Waals surface area contributed by atoms with E-state index >= 15 is 0 Å². The molecule has 1 unspecified atom stereocenters. The van der Waals surface area contributed by atoms with Gasteiger partial charge in [0.15, 0.2) is 0 Å². The lowest BCUT2D eigenvalue weighted by atomic mass is 9.97. The van der Waals surface area contributed by atoms with Crippen molar-refractivity contribution in [2.45, 2.75) is 33.2 Å². The van der Waals surface area contributed by atoms with E-state index in [9.17, 15) is 0 Å². The number of aldehydes is 1. The molecule has 0 saturated heterocycles. The lowest BCUT2D eigenvalue weighted by Crippen LogP contribution is -2.32. The summed E-state index contributed by atoms with van der Waals surface area (Å²) in [5.74, 6) is 0.685. The molecule has 0 fully saturated rings. The fourth-order valence-electron chi connectivity index (χ4n) is 1.54. The van der Waals surface area contributed by atoms with Crippen LogP contribution in [0.2, 0.25) is 0 Å². The normalized spacial score (nSPS) is 11.6. The molecule has 1 aromatic carbocycles. The molecule has 1 N–H and O–H groups in total. The maximum Gasteiger partial charge on any atom is 0.116 e. The smallest absolute Gasteiger partial charge is 0.116 e. The van der Waals surface area contributed by atoms with E-state index in [1.165, 1.54) is 12.5 Å². The van der Waals surface area contributed by atoms with E-state index in [-0.39, 0.29) is 0 Å². The van der Waals surface area contributed by atoms with Gasteiger partial charge in [-0.25, -0.2) is 0 Å². The van der Waals surface area contributed by atoms with Gasteiger partial charge in [0.25, 0.3) is 0 Å². The molecule has 0 aliphatic carbocycles. The summed E-state index contributed by atoms with van der Waals surface area (Å²) in [6.45, 7) is 5.95. The summed E-state index contributed by atoms with van der Waals surface area (Å²) in [5.41, 5.74) is 1.41. The zero-order valence-corrected chi connectivity index (χ0v) is 10.7. The van der Waals surface area contributed by atoms with Gasteiger partial charge in [0.2, 0.25) is 0 Å². The van der Waals surface area contributed by atoms with E-state index in [0.29, 0.717) is 12.0 Å². The molecule has 1 atom stereocenters. The molecular weight excluding hydrogens is 198 g/mol. The number of carbonyl (C=O) groups is 1. The topological polar surface area (TPSA) is 29.1 Å². The van der Waals surface area contributed by atoms with Crippen molar-refractivity contribution in [1.82, 2.24) is 5.32 Å². The second-order valence-corrected chi connectivity index (χ2v) is 4.06. The van der Waals surface area contributed by atoms with Crippen LogP contribution >= 0.6 is 0 Å². The summed E-state index contributed by atoms with van der Waals surface area (Å²) >= 11 is 0. The first-order valence-corrected chi connectivity index (χ1v) is 5.76. The quantitative estimate of drug-likeness (QED) is 0.792. The van der Waals surface area contributed by atoms with E-state index in [1.807, 2.05) is 7.05 Å². The number of carbonyl (C=O) groups excluding carboxylic acids is 1. The molecule has 2 nitrogen and oxygen atoms in total. The molecule has 0 aliphatic rings. The molecular formula is C14H23NO. The number of hydrogen-bond acceptors (Lipinski definition) is 2. The number of nitrogens with one attached hydrogen (secondary N) is 1. The zero-order chi connectivity index (χ0) is 12.4. The molecule has 16 heavy (non-hydrogen) atoms. The average Bonchev–Trinajstić information content (AvgIpc) is 2.28. The highest BCUT2D eigenvalue weighted by molar-refractivity contribution is 5.44. The highest BCUT2D eigenvalue weighted by Gasteiger charge is 2.10. The number of likely N-dealkylation sites (N-methyl/N-ethyl adjacent to an activating group) is 1. The van der Waals surface area contributed by atoms with Crippen LogP contribution in [0.15, 0.2) is 30.3 Å². The van der Waals surface area contributed by atoms with Crippen molar-refractivity contribution in [2.24, 2.45) is 5.92 Å². The van der Waals surface area contributed by atoms with Crippen LogP contribution in [0.25, 0.3) is 0 Å². The third kappa shape index (κ3) is 6.36. The van der Waals surface area contributed by atoms with Crippen LogP contribution in [-0.2, 0) is 11.2 Å². The molecule has 0 aliphatic heterocycles. The van der Waals surface area contributed by atoms with Crippen molar-refractivity contribution in [1.29, 1.82) is 0 Å². The Hall–Kier alpha value is -1.15. The standard InChI is InChI=1S/C12H19N.C2H4O/c1-10(2)12(13-3)9-11-7-5-4-6-8-11;1-2-3/h4-8,10,12-13H,9H2,1-3H3;2H,1H3. The van der Waals surface area contributed by atoms with Crippen molar-refractivity contribution in [3.05, 3.63) is 35.9 Å². The minimum absolute atomic E-state index is 0.586. The van der Waals surface area contributed by atoms with Crippen molar-refractivity contribution < 1.29 is 4.79 Å². The van der Waals surface area contributed by atoms with E-state index in [0.717, 1.165) is 12.7 Å². The van der Waals surface area contributed by atoms with Crippen LogP contribution in [0.5, 0.6) is 0 Å². The van der Waals surface area contributed by atoms with Gasteiger partial charge < -0.3 is 10.1 Å². The summed E-state index contributed by atoms with van der Waals surface area (Å²) in [6.07, 6.45) is 1.87. The average molecular weight is 221 g/mol. The second-order valence-electron chi connectivity index (χ2n) is 4.06. The third-order valence-electron chi connectivity index (χ3n) is 2.47. The Morgan fingerprint density at radius 1 is 1.25 bits per heavy atom. The van der Waals surface area contributed by atoms with Crippen LogP contribution < -0.4 is 5.32 Å². The summed E-state index contributed by atoms with van der Waals surface area (Å²) < 4.78 is 0. The zero-order valence-electron chi connectivity index (χ0n) is 10.7. The Kier molecular flexibility index (Phi) is 8.45. The summed E-state index contributed by atoms with van der Waals surface area (Å²) in [7, 11) is 2.04. The molecule has 90 valence electrons. The van der Waals surface area contributed by atoms with Gasteiger partial charge in [-0.05, 0) is 31.9 Å². The van der Waals surface area contributed by atoms with Gasteiger partial charge in [-0.3, -0.25) is 0 Å². The summed E-state index contributed by atoms with van der Waals surface area (Å²) in [6, 6.07) is 11.2. The van der Waals surface area contributed by atoms with Gasteiger partial charge in [0.1, 0.15) is 6.29 Å². The summed E-state index contributed by atoms with van der Waals surface area (Å²) in [4.78, 5) is 8.81. The Morgan fingerprint density at radius 2 is 1.75 bits per heavy atom. The molecule has 0 saturated carbocycles. The largest absolute Gasteiger partial charge is 0.316 e. The first kappa shape index (κ1) is 14.8. The van der Waals surface area contributed by atoms with Crippen molar-refractivity contribution in [3.63, 3.8) is 0 Å². The molecule has 1 rings (SSSR count). The first-order valence-electron chi connectivity index (χ1n) is 5.76. The van der Waals surface area contributed by atoms with Gasteiger partial charge in [-0.1, -0.05) is 44.2 Å². The predicted molar refractivity (Wildman–Crippen MR) is 69.6 cm³/mol. The fourth-order valence-corrected chi connectivity index (χ4v) is 1.54. The Labute approximate surface area is 99.1 Å². The van der Waals surface area contributed by atoms with Gasteiger partial charge in [0, 0.05) is 6.04 Å². The molecule has 0 radical (unpaired) electrons. The maximum atomic E-state index is 8.81. The lowest BCUT2D eigenvalue weighted by molar-refractivity contribution is -0.106. The minimum Gasteiger partial charge on any atom is -0.316 e. The third-order valence-corrected chi connectivity index (χ3v) is 2.47. The van der Waals surface area contributed by atoms with Crippen molar-refractivity contribution in [2.75, 3.05) is 7.05 Å². The van der Waals surface area contributed by atoms with E-state index in [4.69, 9.17) is 4.79 Å². The van der Waals surface area contributed by atoms with E-state index < -0.39 is 0 Å². The van der Waals surface area contributed by atoms with Crippen molar-refractivity contribution >= 4 is 6.29 Å². The summed E-state index contributed by atoms with van der Waals surface area (Å²) in [5, 5.41) is 3.35. The van der Waals surface area contributed by atoms with Crippen LogP contribution in [0.4, 0.5) is 0 Å². The Balaban J connectivity index is 0.000000673. The molecule has 0 aromatic heterocycles. The SMILES string of the molecule is CC=O.CNC(Cc1ccccc1)C(C)C. The van der Waals surface area contributed by atoms with E-state index in [2.05, 4.69) is 49.5 Å². The Bertz CT molecular complexity index is 269. The highest BCUT2D eigenvalue weighted by atomic mass is 16.1. The molecule has 0 heterocycles. The van der Waals surface area contributed by atoms with Crippen LogP contribution in [-0.4, -0.2) is 19.4 Å². The maximum absolute atomic E-state index is 8.81. The van der Waals surface area contributed by atoms with Gasteiger partial charge >= 0.3 is 0 Å². The van der Waals surface area contributed by atoms with Crippen molar-refractivity contribution in [3.8, 4) is 0 Å². The van der Waals surface area contributed by atoms with Crippen LogP contribution in [0.3, 0.4) is 0 Å². The highest BCUT2D eigenvalue weighted by Crippen LogP contribution is 2.09. The number of hydrogen-bond donors (Lipinski definition) is 1. The monoisotopic (exact) mass is 221 g/mol. The second kappa shape index (κ2) is 9.10. The van der Waals surface area contributed by atoms with Crippen LogP contribution in [0, 0.1) is 5.92 Å². The van der Waals surface area contributed by atoms with Gasteiger partial charge in [0.05, 0.1) is 0 Å². The van der Waals surface area contributed by atoms with Gasteiger partial charge in [-0.15, -0.1) is 0 Å². The molecule has 0 bridgehead atoms. The number of rotatable bonds is 4.